The van der Waals surface area contributed by atoms with Gasteiger partial charge in [0.15, 0.2) is 18.1 Å². The first-order valence-electron chi connectivity index (χ1n) is 10.2. The largest absolute Gasteiger partial charge is 0.483 e. The van der Waals surface area contributed by atoms with Crippen molar-refractivity contribution in [2.75, 3.05) is 6.61 Å². The number of hydrogen-bond acceptors (Lipinski definition) is 3. The molecule has 1 aromatic carbocycles. The Balaban J connectivity index is 1.21. The van der Waals surface area contributed by atoms with Crippen LogP contribution in [0.5, 0.6) is 11.5 Å². The van der Waals surface area contributed by atoms with Crippen LogP contribution in [0, 0.1) is 23.7 Å². The maximum Gasteiger partial charge on any atom is 0.258 e. The number of amides is 1. The maximum atomic E-state index is 12.6. The van der Waals surface area contributed by atoms with Crippen LogP contribution in [0.4, 0.5) is 0 Å². The Hall–Kier alpha value is -1.71. The molecule has 6 rings (SSSR count). The fourth-order valence-electron chi connectivity index (χ4n) is 6.23. The Morgan fingerprint density at radius 2 is 1.85 bits per heavy atom. The van der Waals surface area contributed by atoms with Crippen molar-refractivity contribution in [2.24, 2.45) is 23.7 Å². The van der Waals surface area contributed by atoms with Gasteiger partial charge in [0.25, 0.3) is 5.91 Å². The molecule has 1 heterocycles. The quantitative estimate of drug-likeness (QED) is 0.895. The number of hydrogen-bond donors (Lipinski definition) is 1. The maximum absolute atomic E-state index is 12.6. The molecule has 1 N–H and O–H groups in total. The average Bonchev–Trinajstić information content (AvgIpc) is 2.90. The lowest BCUT2D eigenvalue weighted by molar-refractivity contribution is -0.127. The van der Waals surface area contributed by atoms with Gasteiger partial charge in [-0.3, -0.25) is 4.79 Å². The standard InChI is InChI=1S/C22H29NO3/c1-22(2)11-15-4-3-5-18(21(15)26-22)25-12-19(24)23-20-16-7-13-6-14(9-16)10-17(20)8-13/h3-5,13-14,16-17,20H,6-12H2,1-2H3,(H,23,24). The van der Waals surface area contributed by atoms with Crippen LogP contribution in [0.1, 0.15) is 51.5 Å². The highest BCUT2D eigenvalue weighted by molar-refractivity contribution is 5.78. The van der Waals surface area contributed by atoms with Crippen molar-refractivity contribution >= 4 is 5.91 Å². The molecule has 1 aromatic rings. The summed E-state index contributed by atoms with van der Waals surface area (Å²) < 4.78 is 11.9. The highest BCUT2D eigenvalue weighted by Crippen LogP contribution is 2.53. The Labute approximate surface area is 155 Å². The van der Waals surface area contributed by atoms with Gasteiger partial charge in [0.05, 0.1) is 0 Å². The number of carbonyl (C=O) groups excluding carboxylic acids is 1. The lowest BCUT2D eigenvalue weighted by Crippen LogP contribution is -2.56. The summed E-state index contributed by atoms with van der Waals surface area (Å²) in [6.07, 6.45) is 7.56. The predicted molar refractivity (Wildman–Crippen MR) is 99.3 cm³/mol. The second-order valence-electron chi connectivity index (χ2n) is 9.60. The highest BCUT2D eigenvalue weighted by atomic mass is 16.5. The number of para-hydroxylation sites is 1. The first-order chi connectivity index (χ1) is 12.5. The first kappa shape index (κ1) is 16.5. The first-order valence-corrected chi connectivity index (χ1v) is 10.2. The van der Waals surface area contributed by atoms with Gasteiger partial charge in [-0.25, -0.2) is 0 Å². The molecule has 4 nitrogen and oxygen atoms in total. The van der Waals surface area contributed by atoms with E-state index in [-0.39, 0.29) is 18.1 Å². The van der Waals surface area contributed by atoms with Crippen molar-refractivity contribution in [3.8, 4) is 11.5 Å². The molecule has 0 aromatic heterocycles. The molecule has 5 aliphatic rings. The van der Waals surface area contributed by atoms with Gasteiger partial charge in [0.1, 0.15) is 5.60 Å². The summed E-state index contributed by atoms with van der Waals surface area (Å²) in [5, 5.41) is 3.31. The van der Waals surface area contributed by atoms with E-state index >= 15 is 0 Å². The van der Waals surface area contributed by atoms with Crippen molar-refractivity contribution in [3.05, 3.63) is 23.8 Å². The Kier molecular flexibility index (Phi) is 3.74. The molecule has 0 unspecified atom stereocenters. The van der Waals surface area contributed by atoms with Gasteiger partial charge in [0, 0.05) is 18.0 Å². The van der Waals surface area contributed by atoms with E-state index in [4.69, 9.17) is 9.47 Å². The van der Waals surface area contributed by atoms with E-state index in [1.165, 1.54) is 32.1 Å². The summed E-state index contributed by atoms with van der Waals surface area (Å²) in [4.78, 5) is 12.6. The fourth-order valence-corrected chi connectivity index (χ4v) is 6.23. The molecular formula is C22H29NO3. The van der Waals surface area contributed by atoms with E-state index in [1.807, 2.05) is 12.1 Å². The Morgan fingerprint density at radius 3 is 2.54 bits per heavy atom. The van der Waals surface area contributed by atoms with Crippen molar-refractivity contribution in [1.29, 1.82) is 0 Å². The minimum absolute atomic E-state index is 0.0114. The molecule has 1 amide bonds. The van der Waals surface area contributed by atoms with E-state index in [9.17, 15) is 4.79 Å². The second-order valence-corrected chi connectivity index (χ2v) is 9.60. The molecule has 140 valence electrons. The molecule has 4 aliphatic carbocycles. The highest BCUT2D eigenvalue weighted by Gasteiger charge is 2.48. The molecule has 0 atom stereocenters. The molecule has 26 heavy (non-hydrogen) atoms. The third-order valence-electron chi connectivity index (χ3n) is 6.97. The molecule has 4 heteroatoms. The molecule has 4 saturated carbocycles. The summed E-state index contributed by atoms with van der Waals surface area (Å²) in [6.45, 7) is 4.23. The number of ether oxygens (including phenoxy) is 2. The van der Waals surface area contributed by atoms with Gasteiger partial charge in [-0.15, -0.1) is 0 Å². The van der Waals surface area contributed by atoms with Crippen molar-refractivity contribution in [2.45, 2.75) is 64.0 Å². The molecule has 0 saturated heterocycles. The van der Waals surface area contributed by atoms with Crippen molar-refractivity contribution < 1.29 is 14.3 Å². The zero-order valence-corrected chi connectivity index (χ0v) is 15.8. The van der Waals surface area contributed by atoms with Crippen LogP contribution in [0.25, 0.3) is 0 Å². The second kappa shape index (κ2) is 5.90. The monoisotopic (exact) mass is 355 g/mol. The number of carbonyl (C=O) groups is 1. The molecule has 1 aliphatic heterocycles. The fraction of sp³-hybridized carbons (Fsp3) is 0.682. The SMILES string of the molecule is CC1(C)Cc2cccc(OCC(=O)NC3C4CC5CC(C4)CC3C5)c2O1. The minimum atomic E-state index is -0.204. The van der Waals surface area contributed by atoms with E-state index in [0.29, 0.717) is 23.6 Å². The summed E-state index contributed by atoms with van der Waals surface area (Å²) in [5.41, 5.74) is 0.957. The number of fused-ring (bicyclic) bond motifs is 1. The zero-order chi connectivity index (χ0) is 17.9. The Bertz CT molecular complexity index is 698. The van der Waals surface area contributed by atoms with Gasteiger partial charge in [0.2, 0.25) is 0 Å². The summed E-state index contributed by atoms with van der Waals surface area (Å²) >= 11 is 0. The molecular weight excluding hydrogens is 326 g/mol. The van der Waals surface area contributed by atoms with Crippen LogP contribution in [-0.4, -0.2) is 24.2 Å². The molecule has 4 fully saturated rings. The van der Waals surface area contributed by atoms with Crippen molar-refractivity contribution in [1.82, 2.24) is 5.32 Å². The van der Waals surface area contributed by atoms with Gasteiger partial charge in [-0.05, 0) is 75.7 Å². The van der Waals surface area contributed by atoms with Crippen LogP contribution in [0.15, 0.2) is 18.2 Å². The van der Waals surface area contributed by atoms with Crippen LogP contribution in [0.2, 0.25) is 0 Å². The van der Waals surface area contributed by atoms with Gasteiger partial charge in [-0.2, -0.15) is 0 Å². The third kappa shape index (κ3) is 2.87. The Morgan fingerprint density at radius 1 is 1.15 bits per heavy atom. The van der Waals surface area contributed by atoms with Crippen molar-refractivity contribution in [3.63, 3.8) is 0 Å². The minimum Gasteiger partial charge on any atom is -0.483 e. The number of nitrogens with one attached hydrogen (secondary N) is 1. The van der Waals surface area contributed by atoms with Crippen LogP contribution >= 0.6 is 0 Å². The topological polar surface area (TPSA) is 47.6 Å². The smallest absolute Gasteiger partial charge is 0.258 e. The number of benzene rings is 1. The third-order valence-corrected chi connectivity index (χ3v) is 6.97. The molecule has 0 radical (unpaired) electrons. The zero-order valence-electron chi connectivity index (χ0n) is 15.8. The molecule has 4 bridgehead atoms. The summed E-state index contributed by atoms with van der Waals surface area (Å²) in [6, 6.07) is 6.33. The van der Waals surface area contributed by atoms with Crippen LogP contribution in [-0.2, 0) is 11.2 Å². The lowest BCUT2D eigenvalue weighted by atomic mass is 9.54. The summed E-state index contributed by atoms with van der Waals surface area (Å²) in [5.74, 6) is 4.75. The average molecular weight is 355 g/mol. The van der Waals surface area contributed by atoms with Gasteiger partial charge in [-0.1, -0.05) is 12.1 Å². The predicted octanol–water partition coefficient (Wildman–Crippen LogP) is 3.72. The van der Waals surface area contributed by atoms with Crippen LogP contribution in [0.3, 0.4) is 0 Å². The number of rotatable bonds is 4. The van der Waals surface area contributed by atoms with Gasteiger partial charge < -0.3 is 14.8 Å². The van der Waals surface area contributed by atoms with Gasteiger partial charge >= 0.3 is 0 Å². The normalized spacial score (nSPS) is 35.7. The van der Waals surface area contributed by atoms with E-state index in [0.717, 1.165) is 29.6 Å². The van der Waals surface area contributed by atoms with E-state index in [1.54, 1.807) is 0 Å². The van der Waals surface area contributed by atoms with Crippen LogP contribution < -0.4 is 14.8 Å². The van der Waals surface area contributed by atoms with E-state index < -0.39 is 0 Å². The molecule has 0 spiro atoms. The lowest BCUT2D eigenvalue weighted by Gasteiger charge is -2.54. The van der Waals surface area contributed by atoms with E-state index in [2.05, 4.69) is 25.2 Å². The summed E-state index contributed by atoms with van der Waals surface area (Å²) in [7, 11) is 0.